The van der Waals surface area contributed by atoms with Gasteiger partial charge in [0.15, 0.2) is 0 Å². The third-order valence-corrected chi connectivity index (χ3v) is 11.0. The van der Waals surface area contributed by atoms with E-state index in [0.717, 1.165) is 68.1 Å². The Bertz CT molecular complexity index is 2470. The Labute approximate surface area is 309 Å². The number of hydrogen-bond donors (Lipinski definition) is 4. The van der Waals surface area contributed by atoms with E-state index in [4.69, 9.17) is 10.5 Å². The number of fused-ring (bicyclic) bond motifs is 8. The Kier molecular flexibility index (Phi) is 7.50. The van der Waals surface area contributed by atoms with Gasteiger partial charge < -0.3 is 21.1 Å². The molecule has 53 heavy (non-hydrogen) atoms. The van der Waals surface area contributed by atoms with E-state index in [1.807, 2.05) is 12.1 Å². The molecule has 3 aliphatic heterocycles. The fourth-order valence-corrected chi connectivity index (χ4v) is 8.59. The highest BCUT2D eigenvalue weighted by Gasteiger charge is 2.52. The Morgan fingerprint density at radius 1 is 0.660 bits per heavy atom. The highest BCUT2D eigenvalue weighted by molar-refractivity contribution is 5.93. The minimum Gasteiger partial charge on any atom is -0.457 e. The minimum absolute atomic E-state index is 0.185. The van der Waals surface area contributed by atoms with Crippen LogP contribution >= 0.6 is 0 Å². The number of rotatable bonds is 6. The maximum Gasteiger partial charge on any atom is 0.132 e. The summed E-state index contributed by atoms with van der Waals surface area (Å²) < 4.78 is 6.54. The molecular formula is C48H38N4O. The number of nitrogens with two attached hydrogens (primary N) is 1. The average Bonchev–Trinajstić information content (AvgIpc) is 3.51. The third kappa shape index (κ3) is 5.08. The maximum atomic E-state index is 7.01. The molecule has 3 heterocycles. The number of allylic oxidation sites excluding steroid dienone is 5. The topological polar surface area (TPSA) is 71.3 Å². The number of nitrogens with one attached hydrogen (secondary N) is 3. The molecule has 1 aliphatic carbocycles. The molecule has 256 valence electrons. The maximum absolute atomic E-state index is 7.01. The van der Waals surface area contributed by atoms with Crippen molar-refractivity contribution in [1.29, 1.82) is 0 Å². The van der Waals surface area contributed by atoms with Crippen LogP contribution < -0.4 is 26.4 Å². The highest BCUT2D eigenvalue weighted by atomic mass is 16.5. The molecule has 0 saturated carbocycles. The van der Waals surface area contributed by atoms with Gasteiger partial charge in [-0.3, -0.25) is 5.32 Å². The summed E-state index contributed by atoms with van der Waals surface area (Å²) in [5, 5.41) is 11.1. The number of dihydropyridines is 2. The van der Waals surface area contributed by atoms with Crippen molar-refractivity contribution in [3.8, 4) is 22.6 Å². The smallest absolute Gasteiger partial charge is 0.132 e. The fourth-order valence-electron chi connectivity index (χ4n) is 8.59. The number of ether oxygens (including phenoxy) is 1. The summed E-state index contributed by atoms with van der Waals surface area (Å²) in [6, 6.07) is 53.5. The molecule has 0 bridgehead atoms. The zero-order valence-corrected chi connectivity index (χ0v) is 29.1. The molecule has 1 spiro atoms. The molecule has 6 aromatic carbocycles. The lowest BCUT2D eigenvalue weighted by Gasteiger charge is -2.41. The van der Waals surface area contributed by atoms with Crippen LogP contribution in [0.3, 0.4) is 0 Å². The van der Waals surface area contributed by atoms with Crippen LogP contribution in [0.25, 0.3) is 27.8 Å². The summed E-state index contributed by atoms with van der Waals surface area (Å²) in [7, 11) is 0. The SMILES string of the molecule is NC(NC1NC=C(c2ccccc2)C=C1c1ccccc1)c1cccc(-c2ccc3c(c2)C2(C4=C3C=CCN4)c3ccccc3Oc3ccccc32)c1. The molecule has 0 saturated heterocycles. The first-order chi connectivity index (χ1) is 26.2. The van der Waals surface area contributed by atoms with E-state index in [2.05, 4.69) is 180 Å². The van der Waals surface area contributed by atoms with Crippen molar-refractivity contribution in [2.45, 2.75) is 17.7 Å². The molecule has 2 unspecified atom stereocenters. The summed E-state index contributed by atoms with van der Waals surface area (Å²) in [5.74, 6) is 1.77. The van der Waals surface area contributed by atoms with Crippen molar-refractivity contribution >= 4 is 16.7 Å². The lowest BCUT2D eigenvalue weighted by Crippen LogP contribution is -2.46. The van der Waals surface area contributed by atoms with Crippen molar-refractivity contribution in [2.24, 2.45) is 5.73 Å². The van der Waals surface area contributed by atoms with Crippen LogP contribution in [0.5, 0.6) is 11.5 Å². The Morgan fingerprint density at radius 3 is 2.08 bits per heavy atom. The molecule has 10 rings (SSSR count). The number of benzene rings is 6. The molecule has 4 aliphatic rings. The van der Waals surface area contributed by atoms with Crippen LogP contribution in [0.1, 0.15) is 45.1 Å². The van der Waals surface area contributed by atoms with Crippen molar-refractivity contribution < 1.29 is 4.74 Å². The van der Waals surface area contributed by atoms with Gasteiger partial charge in [-0.15, -0.1) is 0 Å². The second kappa shape index (κ2) is 12.7. The summed E-state index contributed by atoms with van der Waals surface area (Å²) in [6.45, 7) is 0.778. The summed E-state index contributed by atoms with van der Waals surface area (Å²) >= 11 is 0. The fraction of sp³-hybridized carbons (Fsp3) is 0.0833. The second-order valence-corrected chi connectivity index (χ2v) is 14.0. The van der Waals surface area contributed by atoms with E-state index < -0.39 is 11.6 Å². The van der Waals surface area contributed by atoms with Gasteiger partial charge in [-0.25, -0.2) is 0 Å². The summed E-state index contributed by atoms with van der Waals surface area (Å²) in [4.78, 5) is 0. The van der Waals surface area contributed by atoms with Gasteiger partial charge in [-0.2, -0.15) is 0 Å². The number of hydrogen-bond acceptors (Lipinski definition) is 5. The van der Waals surface area contributed by atoms with Crippen LogP contribution in [0.4, 0.5) is 0 Å². The Morgan fingerprint density at radius 2 is 1.32 bits per heavy atom. The van der Waals surface area contributed by atoms with Crippen LogP contribution in [0.15, 0.2) is 182 Å². The van der Waals surface area contributed by atoms with E-state index in [1.54, 1.807) is 0 Å². The normalized spacial score (nSPS) is 17.9. The average molecular weight is 687 g/mol. The Balaban J connectivity index is 1.02. The highest BCUT2D eigenvalue weighted by Crippen LogP contribution is 2.61. The van der Waals surface area contributed by atoms with Gasteiger partial charge in [0.05, 0.1) is 11.6 Å². The quantitative estimate of drug-likeness (QED) is 0.132. The van der Waals surface area contributed by atoms with Crippen molar-refractivity contribution in [3.63, 3.8) is 0 Å². The zero-order valence-electron chi connectivity index (χ0n) is 29.1. The summed E-state index contributed by atoms with van der Waals surface area (Å²) in [5.41, 5.74) is 21.5. The standard InChI is InChI=1S/C48H38N4O/c49-46(52-47-39(32-15-5-2-6-16-32)28-36(30-51-47)31-13-3-1-4-14-31)35-18-11-17-33(27-35)34-24-25-37-38-19-12-26-50-45(38)48(42(37)29-34)40-20-7-9-22-43(40)53-44-23-10-8-21-41(44)48/h1-25,27-30,46-47,50-52H,26,49H2. The van der Waals surface area contributed by atoms with Gasteiger partial charge in [-0.05, 0) is 80.4 Å². The van der Waals surface area contributed by atoms with E-state index in [-0.39, 0.29) is 6.17 Å². The molecule has 5 heteroatoms. The first-order valence-corrected chi connectivity index (χ1v) is 18.3. The van der Waals surface area contributed by atoms with Crippen LogP contribution in [-0.2, 0) is 5.41 Å². The molecule has 6 aromatic rings. The van der Waals surface area contributed by atoms with Gasteiger partial charge in [0.25, 0.3) is 0 Å². The molecule has 5 N–H and O–H groups in total. The van der Waals surface area contributed by atoms with Crippen LogP contribution in [0.2, 0.25) is 0 Å². The van der Waals surface area contributed by atoms with E-state index in [1.165, 1.54) is 22.4 Å². The first kappa shape index (κ1) is 31.3. The molecule has 0 fully saturated rings. The lowest BCUT2D eigenvalue weighted by molar-refractivity contribution is 0.429. The van der Waals surface area contributed by atoms with Gasteiger partial charge in [0.1, 0.15) is 17.7 Å². The van der Waals surface area contributed by atoms with Crippen molar-refractivity contribution in [2.75, 3.05) is 6.54 Å². The van der Waals surface area contributed by atoms with Gasteiger partial charge in [0, 0.05) is 35.1 Å². The molecule has 0 aromatic heterocycles. The van der Waals surface area contributed by atoms with E-state index in [9.17, 15) is 0 Å². The van der Waals surface area contributed by atoms with Gasteiger partial charge >= 0.3 is 0 Å². The summed E-state index contributed by atoms with van der Waals surface area (Å²) in [6.07, 6.45) is 8.21. The van der Waals surface area contributed by atoms with Crippen molar-refractivity contribution in [1.82, 2.24) is 16.0 Å². The largest absolute Gasteiger partial charge is 0.457 e. The molecule has 2 atom stereocenters. The zero-order chi connectivity index (χ0) is 35.4. The first-order valence-electron chi connectivity index (χ1n) is 18.3. The van der Waals surface area contributed by atoms with Crippen LogP contribution in [0, 0.1) is 0 Å². The van der Waals surface area contributed by atoms with Gasteiger partial charge in [-0.1, -0.05) is 140 Å². The van der Waals surface area contributed by atoms with Crippen LogP contribution in [-0.4, -0.2) is 12.7 Å². The molecule has 0 amide bonds. The molecule has 5 nitrogen and oxygen atoms in total. The molecular weight excluding hydrogens is 649 g/mol. The van der Waals surface area contributed by atoms with E-state index >= 15 is 0 Å². The second-order valence-electron chi connectivity index (χ2n) is 14.0. The third-order valence-electron chi connectivity index (χ3n) is 11.0. The minimum atomic E-state index is -0.536. The number of para-hydroxylation sites is 2. The predicted octanol–water partition coefficient (Wildman–Crippen LogP) is 9.28. The Hall–Kier alpha value is -6.40. The van der Waals surface area contributed by atoms with Gasteiger partial charge in [0.2, 0.25) is 0 Å². The van der Waals surface area contributed by atoms with E-state index in [0.29, 0.717) is 0 Å². The molecule has 0 radical (unpaired) electrons. The van der Waals surface area contributed by atoms with Crippen molar-refractivity contribution in [3.05, 3.63) is 221 Å². The monoisotopic (exact) mass is 686 g/mol. The predicted molar refractivity (Wildman–Crippen MR) is 215 cm³/mol. The lowest BCUT2D eigenvalue weighted by atomic mass is 9.67.